The van der Waals surface area contributed by atoms with Gasteiger partial charge in [0.1, 0.15) is 24.2 Å². The molecule has 0 radical (unpaired) electrons. The Bertz CT molecular complexity index is 1030. The number of carbonyl (C=O) groups excluding carboxylic acids is 5. The number of benzene rings is 1. The molecule has 1 aliphatic heterocycles. The predicted molar refractivity (Wildman–Crippen MR) is 142 cm³/mol. The van der Waals surface area contributed by atoms with E-state index in [1.165, 1.54) is 30.4 Å². The molecule has 0 bridgehead atoms. The van der Waals surface area contributed by atoms with E-state index in [0.29, 0.717) is 31.2 Å². The van der Waals surface area contributed by atoms with Crippen molar-refractivity contribution in [1.82, 2.24) is 21.3 Å². The van der Waals surface area contributed by atoms with E-state index in [-0.39, 0.29) is 30.1 Å². The molecule has 0 unspecified atom stereocenters. The van der Waals surface area contributed by atoms with Gasteiger partial charge in [-0.05, 0) is 61.3 Å². The lowest BCUT2D eigenvalue weighted by molar-refractivity contribution is -0.133. The van der Waals surface area contributed by atoms with Crippen LogP contribution in [-0.2, 0) is 24.0 Å². The van der Waals surface area contributed by atoms with Gasteiger partial charge in [-0.25, -0.2) is 4.39 Å². The van der Waals surface area contributed by atoms with E-state index in [0.717, 1.165) is 6.42 Å². The third-order valence-electron chi connectivity index (χ3n) is 6.29. The molecule has 38 heavy (non-hydrogen) atoms. The minimum Gasteiger partial charge on any atom is -0.356 e. The van der Waals surface area contributed by atoms with Crippen LogP contribution in [0.5, 0.6) is 0 Å². The van der Waals surface area contributed by atoms with Crippen molar-refractivity contribution < 1.29 is 28.4 Å². The van der Waals surface area contributed by atoms with Crippen molar-refractivity contribution in [2.24, 2.45) is 17.8 Å². The molecule has 0 aliphatic carbocycles. The van der Waals surface area contributed by atoms with Crippen molar-refractivity contribution in [2.75, 3.05) is 6.54 Å². The van der Waals surface area contributed by atoms with Crippen LogP contribution in [-0.4, -0.2) is 54.6 Å². The average Bonchev–Trinajstić information content (AvgIpc) is 2.85. The molecule has 4 atom stereocenters. The normalized spacial score (nSPS) is 18.0. The van der Waals surface area contributed by atoms with Gasteiger partial charge < -0.3 is 26.1 Å². The van der Waals surface area contributed by atoms with Gasteiger partial charge in [0.25, 0.3) is 0 Å². The Morgan fingerprint density at radius 1 is 1.11 bits per heavy atom. The van der Waals surface area contributed by atoms with Crippen LogP contribution >= 0.6 is 0 Å². The fourth-order valence-corrected chi connectivity index (χ4v) is 4.28. The van der Waals surface area contributed by atoms with E-state index in [9.17, 15) is 28.4 Å². The number of nitrogens with one attached hydrogen (secondary N) is 4. The highest BCUT2D eigenvalue weighted by Crippen LogP contribution is 2.17. The molecule has 1 saturated heterocycles. The largest absolute Gasteiger partial charge is 0.356 e. The molecule has 1 aliphatic rings. The third-order valence-corrected chi connectivity index (χ3v) is 6.29. The Morgan fingerprint density at radius 3 is 2.45 bits per heavy atom. The predicted octanol–water partition coefficient (Wildman–Crippen LogP) is 2.11. The van der Waals surface area contributed by atoms with Gasteiger partial charge >= 0.3 is 0 Å². The topological polar surface area (TPSA) is 133 Å². The highest BCUT2D eigenvalue weighted by molar-refractivity contribution is 5.97. The summed E-state index contributed by atoms with van der Waals surface area (Å²) in [6, 6.07) is 3.00. The lowest BCUT2D eigenvalue weighted by atomic mass is 9.91. The smallest absolute Gasteiger partial charge is 0.244 e. The molecule has 4 amide bonds. The molecule has 4 N–H and O–H groups in total. The number of rotatable bonds is 13. The maximum Gasteiger partial charge on any atom is 0.244 e. The molecule has 0 spiro atoms. The number of hydrogen-bond acceptors (Lipinski definition) is 5. The number of piperidine rings is 1. The molecule has 2 rings (SSSR count). The number of carbonyl (C=O) groups is 5. The number of amides is 4. The van der Waals surface area contributed by atoms with Gasteiger partial charge in [0.05, 0.1) is 6.04 Å². The van der Waals surface area contributed by atoms with Crippen LogP contribution in [0.1, 0.15) is 58.9 Å². The van der Waals surface area contributed by atoms with Crippen molar-refractivity contribution >= 4 is 36.0 Å². The Labute approximate surface area is 223 Å². The fraction of sp³-hybridized carbons (Fsp3) is 0.536. The molecule has 0 saturated carbocycles. The first-order chi connectivity index (χ1) is 18.0. The quantitative estimate of drug-likeness (QED) is 0.229. The van der Waals surface area contributed by atoms with Gasteiger partial charge in [-0.3, -0.25) is 19.2 Å². The van der Waals surface area contributed by atoms with Crippen LogP contribution in [0.15, 0.2) is 30.3 Å². The zero-order valence-corrected chi connectivity index (χ0v) is 22.5. The van der Waals surface area contributed by atoms with Gasteiger partial charge in [-0.2, -0.15) is 0 Å². The molecule has 1 heterocycles. The average molecular weight is 531 g/mol. The summed E-state index contributed by atoms with van der Waals surface area (Å²) in [5, 5.41) is 10.8. The van der Waals surface area contributed by atoms with Crippen molar-refractivity contribution in [3.05, 3.63) is 41.7 Å². The van der Waals surface area contributed by atoms with Crippen molar-refractivity contribution in [3.8, 4) is 0 Å². The summed E-state index contributed by atoms with van der Waals surface area (Å²) < 4.78 is 13.4. The molecular formula is C28H39FN4O5. The highest BCUT2D eigenvalue weighted by atomic mass is 19.1. The second-order valence-corrected chi connectivity index (χ2v) is 10.4. The molecule has 1 aromatic rings. The first kappa shape index (κ1) is 30.7. The molecule has 0 aromatic heterocycles. The Balaban J connectivity index is 2.05. The van der Waals surface area contributed by atoms with E-state index in [1.807, 2.05) is 13.8 Å². The van der Waals surface area contributed by atoms with Crippen LogP contribution < -0.4 is 21.3 Å². The summed E-state index contributed by atoms with van der Waals surface area (Å²) in [4.78, 5) is 62.5. The van der Waals surface area contributed by atoms with Crippen LogP contribution in [0.2, 0.25) is 0 Å². The molecule has 9 nitrogen and oxygen atoms in total. The van der Waals surface area contributed by atoms with E-state index < -0.39 is 41.7 Å². The van der Waals surface area contributed by atoms with E-state index in [1.54, 1.807) is 19.9 Å². The molecule has 1 aromatic carbocycles. The summed E-state index contributed by atoms with van der Waals surface area (Å²) >= 11 is 0. The Kier molecular flexibility index (Phi) is 12.1. The van der Waals surface area contributed by atoms with Crippen molar-refractivity contribution in [1.29, 1.82) is 0 Å². The Hall–Kier alpha value is -3.56. The first-order valence-electron chi connectivity index (χ1n) is 13.1. The monoisotopic (exact) mass is 530 g/mol. The molecule has 10 heteroatoms. The maximum atomic E-state index is 13.4. The minimum atomic E-state index is -0.939. The van der Waals surface area contributed by atoms with Crippen LogP contribution in [0.25, 0.3) is 6.08 Å². The van der Waals surface area contributed by atoms with Crippen LogP contribution in [0, 0.1) is 23.6 Å². The van der Waals surface area contributed by atoms with E-state index >= 15 is 0 Å². The summed E-state index contributed by atoms with van der Waals surface area (Å²) in [7, 11) is 0. The molecule has 1 fully saturated rings. The Morgan fingerprint density at radius 2 is 1.84 bits per heavy atom. The van der Waals surface area contributed by atoms with Gasteiger partial charge in [-0.1, -0.05) is 39.8 Å². The molecular weight excluding hydrogens is 491 g/mol. The SMILES string of the molecule is CC(C)C[C@H](NC(=O)[C@@H](NC(=O)/C=C/c1cccc(F)c1)C(C)C)C(=O)N[C@H](C=O)C[C@@H]1CCCNC1=O. The summed E-state index contributed by atoms with van der Waals surface area (Å²) in [6.07, 6.45) is 5.21. The number of hydrogen-bond donors (Lipinski definition) is 4. The van der Waals surface area contributed by atoms with Crippen LogP contribution in [0.3, 0.4) is 0 Å². The first-order valence-corrected chi connectivity index (χ1v) is 13.1. The van der Waals surface area contributed by atoms with Crippen molar-refractivity contribution in [2.45, 2.75) is 71.5 Å². The second-order valence-electron chi connectivity index (χ2n) is 10.4. The fourth-order valence-electron chi connectivity index (χ4n) is 4.28. The highest BCUT2D eigenvalue weighted by Gasteiger charge is 2.31. The van der Waals surface area contributed by atoms with Crippen LogP contribution in [0.4, 0.5) is 4.39 Å². The summed E-state index contributed by atoms with van der Waals surface area (Å²) in [6.45, 7) is 7.92. The zero-order chi connectivity index (χ0) is 28.2. The van der Waals surface area contributed by atoms with Gasteiger partial charge in [0.2, 0.25) is 23.6 Å². The van der Waals surface area contributed by atoms with E-state index in [2.05, 4.69) is 21.3 Å². The van der Waals surface area contributed by atoms with Crippen molar-refractivity contribution in [3.63, 3.8) is 0 Å². The van der Waals surface area contributed by atoms with Gasteiger partial charge in [0, 0.05) is 18.5 Å². The maximum absolute atomic E-state index is 13.4. The summed E-state index contributed by atoms with van der Waals surface area (Å²) in [5.41, 5.74) is 0.495. The third kappa shape index (κ3) is 10.1. The van der Waals surface area contributed by atoms with Gasteiger partial charge in [0.15, 0.2) is 0 Å². The number of aldehydes is 1. The second kappa shape index (κ2) is 15.0. The lowest BCUT2D eigenvalue weighted by Crippen LogP contribution is -2.56. The van der Waals surface area contributed by atoms with E-state index in [4.69, 9.17) is 0 Å². The standard InChI is InChI=1S/C28H39FN4O5/c1-17(2)13-23(27(37)31-22(16-34)15-20-8-6-12-30-26(20)36)32-28(38)25(18(3)4)33-24(35)11-10-19-7-5-9-21(29)14-19/h5,7,9-11,14,16-18,20,22-23,25H,6,8,12-13,15H2,1-4H3,(H,30,36)(H,31,37)(H,32,38)(H,33,35)/b11-10+/t20-,22-,23-,25-/m0/s1. The lowest BCUT2D eigenvalue weighted by Gasteiger charge is -2.28. The number of halogens is 1. The van der Waals surface area contributed by atoms with Gasteiger partial charge in [-0.15, -0.1) is 0 Å². The summed E-state index contributed by atoms with van der Waals surface area (Å²) in [5.74, 6) is -2.78. The zero-order valence-electron chi connectivity index (χ0n) is 22.5. The molecule has 208 valence electrons. The minimum absolute atomic E-state index is 0.0474.